The molecule has 0 saturated carbocycles. The molecule has 3 heterocycles. The monoisotopic (exact) mass is 368 g/mol. The Balaban J connectivity index is 1.75. The molecule has 7 nitrogen and oxygen atoms in total. The van der Waals surface area contributed by atoms with E-state index in [1.807, 2.05) is 0 Å². The van der Waals surface area contributed by atoms with E-state index >= 15 is 0 Å². The zero-order valence-corrected chi connectivity index (χ0v) is 14.5. The standard InChI is InChI=1S/C15H16N2O5S2/c1-21-15(18)14-12(6-9-23-14)24(19,20)17-8-5-11(10-17)22-13-4-2-3-7-16-13/h2-4,6-7,9,11H,5,8,10H2,1H3. The van der Waals surface area contributed by atoms with Crippen molar-refractivity contribution in [2.75, 3.05) is 20.2 Å². The highest BCUT2D eigenvalue weighted by molar-refractivity contribution is 7.89. The predicted octanol–water partition coefficient (Wildman–Crippen LogP) is 1.77. The highest BCUT2D eigenvalue weighted by Crippen LogP contribution is 2.29. The van der Waals surface area contributed by atoms with E-state index in [0.717, 1.165) is 11.3 Å². The normalized spacial score (nSPS) is 18.5. The summed E-state index contributed by atoms with van der Waals surface area (Å²) in [5, 5.41) is 1.57. The molecular weight excluding hydrogens is 352 g/mol. The fourth-order valence-corrected chi connectivity index (χ4v) is 5.28. The molecule has 1 unspecified atom stereocenters. The first-order chi connectivity index (χ1) is 11.5. The van der Waals surface area contributed by atoms with Crippen molar-refractivity contribution in [2.45, 2.75) is 17.4 Å². The Kier molecular flexibility index (Phi) is 4.83. The average Bonchev–Trinajstić information content (AvgIpc) is 3.25. The zero-order chi connectivity index (χ0) is 17.2. The number of aromatic nitrogens is 1. The van der Waals surface area contributed by atoms with Crippen molar-refractivity contribution in [2.24, 2.45) is 0 Å². The maximum absolute atomic E-state index is 12.8. The molecule has 128 valence electrons. The highest BCUT2D eigenvalue weighted by Gasteiger charge is 2.36. The van der Waals surface area contributed by atoms with Crippen molar-refractivity contribution in [3.05, 3.63) is 40.7 Å². The summed E-state index contributed by atoms with van der Waals surface area (Å²) in [6, 6.07) is 6.74. The lowest BCUT2D eigenvalue weighted by Crippen LogP contribution is -2.31. The van der Waals surface area contributed by atoms with Gasteiger partial charge in [0, 0.05) is 18.8 Å². The van der Waals surface area contributed by atoms with Crippen LogP contribution >= 0.6 is 11.3 Å². The van der Waals surface area contributed by atoms with Gasteiger partial charge in [-0.05, 0) is 23.9 Å². The number of esters is 1. The first kappa shape index (κ1) is 16.9. The van der Waals surface area contributed by atoms with Crippen molar-refractivity contribution in [1.29, 1.82) is 0 Å². The Bertz CT molecular complexity index is 819. The van der Waals surface area contributed by atoms with Crippen molar-refractivity contribution in [3.63, 3.8) is 0 Å². The van der Waals surface area contributed by atoms with Crippen LogP contribution in [-0.4, -0.2) is 50.0 Å². The van der Waals surface area contributed by atoms with Gasteiger partial charge in [-0.2, -0.15) is 4.31 Å². The topological polar surface area (TPSA) is 85.8 Å². The minimum atomic E-state index is -3.76. The predicted molar refractivity (Wildman–Crippen MR) is 87.7 cm³/mol. The fraction of sp³-hybridized carbons (Fsp3) is 0.333. The van der Waals surface area contributed by atoms with Crippen LogP contribution < -0.4 is 4.74 Å². The quantitative estimate of drug-likeness (QED) is 0.748. The van der Waals surface area contributed by atoms with Gasteiger partial charge in [0.25, 0.3) is 0 Å². The number of carbonyl (C=O) groups is 1. The molecule has 24 heavy (non-hydrogen) atoms. The number of nitrogens with zero attached hydrogens (tertiary/aromatic N) is 2. The summed E-state index contributed by atoms with van der Waals surface area (Å²) in [6.45, 7) is 0.547. The zero-order valence-electron chi connectivity index (χ0n) is 12.9. The van der Waals surface area contributed by atoms with Crippen LogP contribution in [0.1, 0.15) is 16.1 Å². The second-order valence-electron chi connectivity index (χ2n) is 5.17. The molecule has 9 heteroatoms. The van der Waals surface area contributed by atoms with Gasteiger partial charge in [-0.1, -0.05) is 6.07 Å². The van der Waals surface area contributed by atoms with Gasteiger partial charge in [0.15, 0.2) is 0 Å². The summed E-state index contributed by atoms with van der Waals surface area (Å²) in [5.74, 6) is -0.184. The molecule has 0 radical (unpaired) electrons. The summed E-state index contributed by atoms with van der Waals surface area (Å²) in [6.07, 6.45) is 1.91. The Hall–Kier alpha value is -1.97. The van der Waals surface area contributed by atoms with Crippen LogP contribution in [0.3, 0.4) is 0 Å². The average molecular weight is 368 g/mol. The third kappa shape index (κ3) is 3.28. The number of methoxy groups -OCH3 is 1. The Morgan fingerprint density at radius 1 is 1.38 bits per heavy atom. The number of rotatable bonds is 5. The van der Waals surface area contributed by atoms with E-state index in [9.17, 15) is 13.2 Å². The van der Waals surface area contributed by atoms with Crippen molar-refractivity contribution in [1.82, 2.24) is 9.29 Å². The summed E-state index contributed by atoms with van der Waals surface area (Å²) in [7, 11) is -2.54. The number of hydrogen-bond acceptors (Lipinski definition) is 7. The molecule has 1 fully saturated rings. The van der Waals surface area contributed by atoms with Gasteiger partial charge in [0.1, 0.15) is 15.9 Å². The molecule has 3 rings (SSSR count). The Labute approximate surface area is 143 Å². The van der Waals surface area contributed by atoms with Gasteiger partial charge in [-0.15, -0.1) is 11.3 Å². The lowest BCUT2D eigenvalue weighted by Gasteiger charge is -2.17. The van der Waals surface area contributed by atoms with Crippen LogP contribution in [0.25, 0.3) is 0 Å². The van der Waals surface area contributed by atoms with E-state index in [0.29, 0.717) is 18.8 Å². The van der Waals surface area contributed by atoms with E-state index in [2.05, 4.69) is 9.72 Å². The van der Waals surface area contributed by atoms with Crippen molar-refractivity contribution >= 4 is 27.3 Å². The SMILES string of the molecule is COC(=O)c1sccc1S(=O)(=O)N1CCC(Oc2ccccn2)C1. The molecule has 0 aliphatic carbocycles. The lowest BCUT2D eigenvalue weighted by atomic mass is 10.3. The van der Waals surface area contributed by atoms with E-state index < -0.39 is 16.0 Å². The van der Waals surface area contributed by atoms with E-state index in [-0.39, 0.29) is 22.4 Å². The molecule has 1 aliphatic rings. The van der Waals surface area contributed by atoms with E-state index in [4.69, 9.17) is 4.74 Å². The summed E-state index contributed by atoms with van der Waals surface area (Å²) >= 11 is 1.05. The molecule has 0 bridgehead atoms. The molecule has 0 aromatic carbocycles. The lowest BCUT2D eigenvalue weighted by molar-refractivity contribution is 0.0602. The minimum Gasteiger partial charge on any atom is -0.473 e. The second-order valence-corrected chi connectivity index (χ2v) is 7.99. The third-order valence-corrected chi connectivity index (χ3v) is 6.58. The van der Waals surface area contributed by atoms with Gasteiger partial charge in [-0.25, -0.2) is 18.2 Å². The van der Waals surface area contributed by atoms with Crippen LogP contribution in [-0.2, 0) is 14.8 Å². The van der Waals surface area contributed by atoms with Gasteiger partial charge in [-0.3, -0.25) is 0 Å². The van der Waals surface area contributed by atoms with Crippen molar-refractivity contribution < 1.29 is 22.7 Å². The van der Waals surface area contributed by atoms with E-state index in [1.54, 1.807) is 29.8 Å². The number of ether oxygens (including phenoxy) is 2. The Morgan fingerprint density at radius 2 is 2.21 bits per heavy atom. The fourth-order valence-electron chi connectivity index (χ4n) is 2.48. The molecule has 0 amide bonds. The van der Waals surface area contributed by atoms with Gasteiger partial charge in [0.2, 0.25) is 15.9 Å². The molecule has 0 spiro atoms. The second kappa shape index (κ2) is 6.88. The highest BCUT2D eigenvalue weighted by atomic mass is 32.2. The van der Waals surface area contributed by atoms with Crippen LogP contribution in [0.4, 0.5) is 0 Å². The number of carbonyl (C=O) groups excluding carboxylic acids is 1. The van der Waals surface area contributed by atoms with Crippen LogP contribution in [0, 0.1) is 0 Å². The van der Waals surface area contributed by atoms with Crippen LogP contribution in [0.15, 0.2) is 40.7 Å². The maximum atomic E-state index is 12.8. The maximum Gasteiger partial charge on any atom is 0.349 e. The molecule has 1 saturated heterocycles. The summed E-state index contributed by atoms with van der Waals surface area (Å²) in [4.78, 5) is 15.9. The summed E-state index contributed by atoms with van der Waals surface area (Å²) < 4.78 is 37.3. The molecule has 1 atom stereocenters. The van der Waals surface area contributed by atoms with Gasteiger partial charge < -0.3 is 9.47 Å². The number of thiophene rings is 1. The van der Waals surface area contributed by atoms with Gasteiger partial charge >= 0.3 is 5.97 Å². The minimum absolute atomic E-state index is 0.0159. The Morgan fingerprint density at radius 3 is 2.92 bits per heavy atom. The molecule has 2 aromatic rings. The first-order valence-corrected chi connectivity index (χ1v) is 9.58. The van der Waals surface area contributed by atoms with Crippen LogP contribution in [0.5, 0.6) is 5.88 Å². The number of sulfonamides is 1. The summed E-state index contributed by atoms with van der Waals surface area (Å²) in [5.41, 5.74) is 0. The van der Waals surface area contributed by atoms with Gasteiger partial charge in [0.05, 0.1) is 13.7 Å². The third-order valence-electron chi connectivity index (χ3n) is 3.65. The smallest absolute Gasteiger partial charge is 0.349 e. The van der Waals surface area contributed by atoms with E-state index in [1.165, 1.54) is 17.5 Å². The molecule has 2 aromatic heterocycles. The molecule has 0 N–H and O–H groups in total. The largest absolute Gasteiger partial charge is 0.473 e. The molecule has 1 aliphatic heterocycles. The number of pyridine rings is 1. The van der Waals surface area contributed by atoms with Crippen molar-refractivity contribution in [3.8, 4) is 5.88 Å². The molecular formula is C15H16N2O5S2. The van der Waals surface area contributed by atoms with Crippen LogP contribution in [0.2, 0.25) is 0 Å². The first-order valence-electron chi connectivity index (χ1n) is 7.26. The number of hydrogen-bond donors (Lipinski definition) is 0.